The molecule has 0 aromatic heterocycles. The minimum Gasteiger partial charge on any atom is -0.468 e. The van der Waals surface area contributed by atoms with Gasteiger partial charge in [-0.1, -0.05) is 39.7 Å². The van der Waals surface area contributed by atoms with Gasteiger partial charge < -0.3 is 10.1 Å². The fourth-order valence-electron chi connectivity index (χ4n) is 1.16. The highest BCUT2D eigenvalue weighted by Crippen LogP contribution is 2.09. The lowest BCUT2D eigenvalue weighted by Gasteiger charge is -2.09. The SMILES string of the molecule is COC(=O)C(Br)CNCc1ccc(Cl)cc1. The van der Waals surface area contributed by atoms with Crippen LogP contribution in [0.3, 0.4) is 0 Å². The lowest BCUT2D eigenvalue weighted by molar-refractivity contribution is -0.139. The first kappa shape index (κ1) is 13.5. The van der Waals surface area contributed by atoms with Crippen molar-refractivity contribution in [3.05, 3.63) is 34.9 Å². The van der Waals surface area contributed by atoms with Crippen LogP contribution in [0.5, 0.6) is 0 Å². The number of hydrogen-bond donors (Lipinski definition) is 1. The quantitative estimate of drug-likeness (QED) is 0.670. The predicted octanol–water partition coefficient (Wildman–Crippen LogP) is 2.37. The molecule has 0 aliphatic heterocycles. The second-order valence-electron chi connectivity index (χ2n) is 3.25. The van der Waals surface area contributed by atoms with Gasteiger partial charge in [0, 0.05) is 18.1 Å². The molecule has 0 amide bonds. The van der Waals surface area contributed by atoms with Crippen molar-refractivity contribution in [2.75, 3.05) is 13.7 Å². The zero-order valence-corrected chi connectivity index (χ0v) is 11.2. The number of hydrogen-bond acceptors (Lipinski definition) is 3. The molecule has 1 N–H and O–H groups in total. The first-order chi connectivity index (χ1) is 7.63. The second-order valence-corrected chi connectivity index (χ2v) is 4.79. The molecular weight excluding hydrogens is 293 g/mol. The van der Waals surface area contributed by atoms with E-state index in [0.29, 0.717) is 13.1 Å². The van der Waals surface area contributed by atoms with Gasteiger partial charge in [0.05, 0.1) is 7.11 Å². The van der Waals surface area contributed by atoms with E-state index in [-0.39, 0.29) is 10.8 Å². The first-order valence-electron chi connectivity index (χ1n) is 4.80. The number of rotatable bonds is 5. The van der Waals surface area contributed by atoms with Crippen molar-refractivity contribution < 1.29 is 9.53 Å². The third-order valence-corrected chi connectivity index (χ3v) is 2.97. The second kappa shape index (κ2) is 6.89. The Morgan fingerprint density at radius 3 is 2.69 bits per heavy atom. The molecule has 0 bridgehead atoms. The molecule has 16 heavy (non-hydrogen) atoms. The molecule has 0 spiro atoms. The van der Waals surface area contributed by atoms with Crippen LogP contribution >= 0.6 is 27.5 Å². The van der Waals surface area contributed by atoms with Gasteiger partial charge >= 0.3 is 5.97 Å². The highest BCUT2D eigenvalue weighted by Gasteiger charge is 2.13. The number of methoxy groups -OCH3 is 1. The van der Waals surface area contributed by atoms with Crippen LogP contribution in [0.1, 0.15) is 5.56 Å². The Balaban J connectivity index is 2.30. The van der Waals surface area contributed by atoms with Gasteiger partial charge in [0.15, 0.2) is 0 Å². The van der Waals surface area contributed by atoms with Crippen LogP contribution in [-0.4, -0.2) is 24.5 Å². The molecule has 1 rings (SSSR count). The van der Waals surface area contributed by atoms with Gasteiger partial charge in [-0.15, -0.1) is 0 Å². The molecule has 0 saturated heterocycles. The van der Waals surface area contributed by atoms with Gasteiger partial charge in [-0.2, -0.15) is 0 Å². The highest BCUT2D eigenvalue weighted by molar-refractivity contribution is 9.10. The predicted molar refractivity (Wildman–Crippen MR) is 67.9 cm³/mol. The number of carbonyl (C=O) groups is 1. The van der Waals surface area contributed by atoms with E-state index >= 15 is 0 Å². The summed E-state index contributed by atoms with van der Waals surface area (Å²) in [5, 5.41) is 3.86. The summed E-state index contributed by atoms with van der Waals surface area (Å²) in [5.74, 6) is -0.274. The third-order valence-electron chi connectivity index (χ3n) is 2.02. The van der Waals surface area contributed by atoms with Crippen LogP contribution in [-0.2, 0) is 16.1 Å². The topological polar surface area (TPSA) is 38.3 Å². The van der Waals surface area contributed by atoms with E-state index in [1.54, 1.807) is 0 Å². The molecule has 1 aromatic carbocycles. The smallest absolute Gasteiger partial charge is 0.320 e. The average Bonchev–Trinajstić information content (AvgIpc) is 2.30. The van der Waals surface area contributed by atoms with Gasteiger partial charge in [-0.25, -0.2) is 0 Å². The number of benzene rings is 1. The number of alkyl halides is 1. The largest absolute Gasteiger partial charge is 0.468 e. The van der Waals surface area contributed by atoms with Crippen molar-refractivity contribution in [1.29, 1.82) is 0 Å². The van der Waals surface area contributed by atoms with Crippen molar-refractivity contribution in [2.45, 2.75) is 11.4 Å². The van der Waals surface area contributed by atoms with Gasteiger partial charge in [0.25, 0.3) is 0 Å². The number of ether oxygens (including phenoxy) is 1. The highest BCUT2D eigenvalue weighted by atomic mass is 79.9. The monoisotopic (exact) mass is 305 g/mol. The minimum atomic E-state index is -0.315. The van der Waals surface area contributed by atoms with Gasteiger partial charge in [0.1, 0.15) is 4.83 Å². The summed E-state index contributed by atoms with van der Waals surface area (Å²) >= 11 is 9.00. The zero-order valence-electron chi connectivity index (χ0n) is 8.87. The van der Waals surface area contributed by atoms with Crippen LogP contribution in [0, 0.1) is 0 Å². The summed E-state index contributed by atoms with van der Waals surface area (Å²) < 4.78 is 4.59. The summed E-state index contributed by atoms with van der Waals surface area (Å²) in [6.45, 7) is 1.21. The fourth-order valence-corrected chi connectivity index (χ4v) is 1.70. The van der Waals surface area contributed by atoms with Crippen LogP contribution in [0.4, 0.5) is 0 Å². The molecule has 88 valence electrons. The van der Waals surface area contributed by atoms with Crippen molar-refractivity contribution in [1.82, 2.24) is 5.32 Å². The van der Waals surface area contributed by atoms with E-state index in [1.807, 2.05) is 24.3 Å². The molecule has 0 heterocycles. The van der Waals surface area contributed by atoms with E-state index in [0.717, 1.165) is 10.6 Å². The Morgan fingerprint density at radius 2 is 2.12 bits per heavy atom. The summed E-state index contributed by atoms with van der Waals surface area (Å²) in [6, 6.07) is 7.56. The van der Waals surface area contributed by atoms with Gasteiger partial charge in [0.2, 0.25) is 0 Å². The Morgan fingerprint density at radius 1 is 1.50 bits per heavy atom. The van der Waals surface area contributed by atoms with E-state index in [4.69, 9.17) is 11.6 Å². The molecule has 1 atom stereocenters. The lowest BCUT2D eigenvalue weighted by Crippen LogP contribution is -2.29. The van der Waals surface area contributed by atoms with E-state index in [1.165, 1.54) is 7.11 Å². The standard InChI is InChI=1S/C11H13BrClNO2/c1-16-11(15)10(12)7-14-6-8-2-4-9(13)5-3-8/h2-5,10,14H,6-7H2,1H3. The Labute approximate surface area is 108 Å². The number of carbonyl (C=O) groups excluding carboxylic acids is 1. The summed E-state index contributed by atoms with van der Waals surface area (Å²) in [6.07, 6.45) is 0. The minimum absolute atomic E-state index is 0.274. The summed E-state index contributed by atoms with van der Waals surface area (Å²) in [4.78, 5) is 10.8. The van der Waals surface area contributed by atoms with Crippen molar-refractivity contribution >= 4 is 33.5 Å². The molecular formula is C11H13BrClNO2. The van der Waals surface area contributed by atoms with E-state index < -0.39 is 0 Å². The molecule has 0 radical (unpaired) electrons. The zero-order chi connectivity index (χ0) is 12.0. The molecule has 5 heteroatoms. The Bertz CT molecular complexity index is 342. The Hall–Kier alpha value is -0.580. The molecule has 0 saturated carbocycles. The van der Waals surface area contributed by atoms with Gasteiger partial charge in [-0.05, 0) is 17.7 Å². The molecule has 0 aliphatic carbocycles. The van der Waals surface area contributed by atoms with Crippen LogP contribution in [0.15, 0.2) is 24.3 Å². The number of nitrogens with one attached hydrogen (secondary N) is 1. The lowest BCUT2D eigenvalue weighted by atomic mass is 10.2. The molecule has 0 fully saturated rings. The van der Waals surface area contributed by atoms with Crippen molar-refractivity contribution in [3.63, 3.8) is 0 Å². The molecule has 1 aromatic rings. The van der Waals surface area contributed by atoms with Crippen LogP contribution < -0.4 is 5.32 Å². The fraction of sp³-hybridized carbons (Fsp3) is 0.364. The van der Waals surface area contributed by atoms with Crippen molar-refractivity contribution in [3.8, 4) is 0 Å². The number of halogens is 2. The van der Waals surface area contributed by atoms with Gasteiger partial charge in [-0.3, -0.25) is 4.79 Å². The first-order valence-corrected chi connectivity index (χ1v) is 6.10. The summed E-state index contributed by atoms with van der Waals surface area (Å²) in [5.41, 5.74) is 1.12. The van der Waals surface area contributed by atoms with E-state index in [2.05, 4.69) is 26.0 Å². The normalized spacial score (nSPS) is 12.2. The average molecular weight is 307 g/mol. The number of esters is 1. The third kappa shape index (κ3) is 4.51. The summed E-state index contributed by atoms with van der Waals surface area (Å²) in [7, 11) is 1.37. The van der Waals surface area contributed by atoms with Crippen LogP contribution in [0.2, 0.25) is 5.02 Å². The Kier molecular flexibility index (Phi) is 5.80. The molecule has 0 aliphatic rings. The van der Waals surface area contributed by atoms with E-state index in [9.17, 15) is 4.79 Å². The van der Waals surface area contributed by atoms with Crippen LogP contribution in [0.25, 0.3) is 0 Å². The maximum absolute atomic E-state index is 11.1. The van der Waals surface area contributed by atoms with Crippen molar-refractivity contribution in [2.24, 2.45) is 0 Å². The maximum Gasteiger partial charge on any atom is 0.320 e. The molecule has 1 unspecified atom stereocenters. The maximum atomic E-state index is 11.1. The molecule has 3 nitrogen and oxygen atoms in total.